The van der Waals surface area contributed by atoms with Gasteiger partial charge in [-0.1, -0.05) is 22.9 Å². The van der Waals surface area contributed by atoms with Crippen molar-refractivity contribution in [1.29, 1.82) is 0 Å². The Balaban J connectivity index is 2.68. The van der Waals surface area contributed by atoms with Crippen LogP contribution in [0.5, 0.6) is 0 Å². The number of aryl methyl sites for hydroxylation is 2. The molecule has 0 N–H and O–H groups in total. The Morgan fingerprint density at radius 3 is 2.67 bits per heavy atom. The fraction of sp³-hybridized carbons (Fsp3) is 0.667. The first-order chi connectivity index (χ1) is 5.63. The Kier molecular flexibility index (Phi) is 3.32. The molecule has 0 aromatic carbocycles. The van der Waals surface area contributed by atoms with E-state index in [2.05, 4.69) is 45.6 Å². The summed E-state index contributed by atoms with van der Waals surface area (Å²) in [7, 11) is 0. The highest BCUT2D eigenvalue weighted by Gasteiger charge is 2.04. The minimum absolute atomic E-state index is 0.642. The maximum Gasteiger partial charge on any atom is 0.0596 e. The molecule has 0 aliphatic carbocycles. The van der Waals surface area contributed by atoms with Crippen LogP contribution in [0.2, 0.25) is 0 Å². The van der Waals surface area contributed by atoms with Gasteiger partial charge in [-0.3, -0.25) is 4.68 Å². The van der Waals surface area contributed by atoms with Gasteiger partial charge in [-0.05, 0) is 25.8 Å². The van der Waals surface area contributed by atoms with Crippen molar-refractivity contribution in [2.75, 3.05) is 5.33 Å². The lowest BCUT2D eigenvalue weighted by Gasteiger charge is -2.08. The SMILES string of the molecule is Cc1cc(C)n(CC(C)CBr)n1. The van der Waals surface area contributed by atoms with Crippen molar-refractivity contribution in [3.63, 3.8) is 0 Å². The Morgan fingerprint density at radius 1 is 1.58 bits per heavy atom. The molecule has 1 atom stereocenters. The van der Waals surface area contributed by atoms with E-state index in [1.165, 1.54) is 5.69 Å². The molecule has 0 aliphatic rings. The third-order valence-electron chi connectivity index (χ3n) is 1.85. The van der Waals surface area contributed by atoms with Gasteiger partial charge in [-0.25, -0.2) is 0 Å². The third kappa shape index (κ3) is 2.34. The van der Waals surface area contributed by atoms with Crippen LogP contribution in [-0.4, -0.2) is 15.1 Å². The lowest BCUT2D eigenvalue weighted by atomic mass is 10.2. The molecule has 0 amide bonds. The maximum atomic E-state index is 4.39. The van der Waals surface area contributed by atoms with E-state index in [9.17, 15) is 0 Å². The predicted octanol–water partition coefficient (Wildman–Crippen LogP) is 2.53. The van der Waals surface area contributed by atoms with Gasteiger partial charge >= 0.3 is 0 Å². The minimum atomic E-state index is 0.642. The van der Waals surface area contributed by atoms with Crippen molar-refractivity contribution in [2.24, 2.45) is 5.92 Å². The molecule has 1 aromatic heterocycles. The molecule has 0 aliphatic heterocycles. The Labute approximate surface area is 82.1 Å². The van der Waals surface area contributed by atoms with Crippen molar-refractivity contribution in [1.82, 2.24) is 9.78 Å². The van der Waals surface area contributed by atoms with Crippen LogP contribution in [0.1, 0.15) is 18.3 Å². The van der Waals surface area contributed by atoms with E-state index in [1.807, 2.05) is 6.92 Å². The summed E-state index contributed by atoms with van der Waals surface area (Å²) < 4.78 is 2.07. The van der Waals surface area contributed by atoms with Gasteiger partial charge in [0.15, 0.2) is 0 Å². The zero-order valence-electron chi connectivity index (χ0n) is 7.84. The van der Waals surface area contributed by atoms with E-state index < -0.39 is 0 Å². The van der Waals surface area contributed by atoms with Crippen molar-refractivity contribution in [2.45, 2.75) is 27.3 Å². The number of alkyl halides is 1. The summed E-state index contributed by atoms with van der Waals surface area (Å²) in [4.78, 5) is 0. The monoisotopic (exact) mass is 230 g/mol. The molecule has 0 fully saturated rings. The molecule has 1 rings (SSSR count). The van der Waals surface area contributed by atoms with E-state index >= 15 is 0 Å². The second kappa shape index (κ2) is 4.08. The van der Waals surface area contributed by atoms with E-state index in [0.717, 1.165) is 17.6 Å². The van der Waals surface area contributed by atoms with Crippen LogP contribution in [0.3, 0.4) is 0 Å². The molecule has 68 valence electrons. The van der Waals surface area contributed by atoms with Gasteiger partial charge in [-0.15, -0.1) is 0 Å². The van der Waals surface area contributed by atoms with Gasteiger partial charge in [0, 0.05) is 17.6 Å². The normalized spacial score (nSPS) is 13.3. The van der Waals surface area contributed by atoms with Gasteiger partial charge in [0.1, 0.15) is 0 Å². The number of rotatable bonds is 3. The standard InChI is InChI=1S/C9H15BrN2/c1-7(5-10)6-12-9(3)4-8(2)11-12/h4,7H,5-6H2,1-3H3. The minimum Gasteiger partial charge on any atom is -0.269 e. The first-order valence-corrected chi connectivity index (χ1v) is 5.32. The molecule has 0 saturated carbocycles. The molecule has 2 nitrogen and oxygen atoms in total. The fourth-order valence-corrected chi connectivity index (χ4v) is 1.41. The Morgan fingerprint density at radius 2 is 2.25 bits per heavy atom. The van der Waals surface area contributed by atoms with Crippen LogP contribution in [0.4, 0.5) is 0 Å². The Hall–Kier alpha value is -0.310. The van der Waals surface area contributed by atoms with E-state index in [-0.39, 0.29) is 0 Å². The lowest BCUT2D eigenvalue weighted by Crippen LogP contribution is -2.11. The highest BCUT2D eigenvalue weighted by atomic mass is 79.9. The summed E-state index contributed by atoms with van der Waals surface area (Å²) in [5, 5.41) is 5.43. The maximum absolute atomic E-state index is 4.39. The molecule has 0 spiro atoms. The van der Waals surface area contributed by atoms with Gasteiger partial charge in [0.25, 0.3) is 0 Å². The molecule has 0 saturated heterocycles. The molecule has 0 radical (unpaired) electrons. The molecule has 3 heteroatoms. The molecule has 1 heterocycles. The van der Waals surface area contributed by atoms with Crippen LogP contribution in [0.25, 0.3) is 0 Å². The number of nitrogens with zero attached hydrogens (tertiary/aromatic N) is 2. The van der Waals surface area contributed by atoms with Crippen LogP contribution in [-0.2, 0) is 6.54 Å². The predicted molar refractivity (Wildman–Crippen MR) is 54.7 cm³/mol. The second-order valence-electron chi connectivity index (χ2n) is 3.37. The smallest absolute Gasteiger partial charge is 0.0596 e. The summed E-state index contributed by atoms with van der Waals surface area (Å²) in [6, 6.07) is 2.11. The van der Waals surface area contributed by atoms with Crippen molar-refractivity contribution in [3.8, 4) is 0 Å². The largest absolute Gasteiger partial charge is 0.269 e. The summed E-state index contributed by atoms with van der Waals surface area (Å²) in [5.41, 5.74) is 2.36. The summed E-state index contributed by atoms with van der Waals surface area (Å²) in [6.07, 6.45) is 0. The zero-order valence-corrected chi connectivity index (χ0v) is 9.43. The zero-order chi connectivity index (χ0) is 9.14. The first kappa shape index (κ1) is 9.78. The molecule has 1 aromatic rings. The lowest BCUT2D eigenvalue weighted by molar-refractivity contribution is 0.480. The van der Waals surface area contributed by atoms with Crippen LogP contribution in [0.15, 0.2) is 6.07 Å². The summed E-state index contributed by atoms with van der Waals surface area (Å²) in [5.74, 6) is 0.642. The van der Waals surface area contributed by atoms with Crippen molar-refractivity contribution < 1.29 is 0 Å². The van der Waals surface area contributed by atoms with E-state index in [4.69, 9.17) is 0 Å². The molecular weight excluding hydrogens is 216 g/mol. The van der Waals surface area contributed by atoms with Crippen molar-refractivity contribution >= 4 is 15.9 Å². The number of halogens is 1. The average Bonchev–Trinajstić information content (AvgIpc) is 2.30. The van der Waals surface area contributed by atoms with Crippen LogP contribution >= 0.6 is 15.9 Å². The average molecular weight is 231 g/mol. The molecule has 0 bridgehead atoms. The summed E-state index contributed by atoms with van der Waals surface area (Å²) in [6.45, 7) is 7.35. The van der Waals surface area contributed by atoms with Gasteiger partial charge < -0.3 is 0 Å². The van der Waals surface area contributed by atoms with E-state index in [1.54, 1.807) is 0 Å². The number of hydrogen-bond acceptors (Lipinski definition) is 1. The quantitative estimate of drug-likeness (QED) is 0.731. The Bertz CT molecular complexity index is 255. The van der Waals surface area contributed by atoms with Gasteiger partial charge in [0.2, 0.25) is 0 Å². The highest BCUT2D eigenvalue weighted by Crippen LogP contribution is 2.07. The van der Waals surface area contributed by atoms with Crippen LogP contribution in [0, 0.1) is 19.8 Å². The second-order valence-corrected chi connectivity index (χ2v) is 4.02. The van der Waals surface area contributed by atoms with E-state index in [0.29, 0.717) is 5.92 Å². The number of aromatic nitrogens is 2. The van der Waals surface area contributed by atoms with Crippen LogP contribution < -0.4 is 0 Å². The topological polar surface area (TPSA) is 17.8 Å². The number of hydrogen-bond donors (Lipinski definition) is 0. The highest BCUT2D eigenvalue weighted by molar-refractivity contribution is 9.09. The summed E-state index contributed by atoms with van der Waals surface area (Å²) >= 11 is 3.46. The van der Waals surface area contributed by atoms with Crippen molar-refractivity contribution in [3.05, 3.63) is 17.5 Å². The third-order valence-corrected chi connectivity index (χ3v) is 2.96. The van der Waals surface area contributed by atoms with Gasteiger partial charge in [0.05, 0.1) is 5.69 Å². The molecular formula is C9H15BrN2. The molecule has 12 heavy (non-hydrogen) atoms. The fourth-order valence-electron chi connectivity index (χ4n) is 1.20. The van der Waals surface area contributed by atoms with Gasteiger partial charge in [-0.2, -0.15) is 5.10 Å². The molecule has 1 unspecified atom stereocenters. The first-order valence-electron chi connectivity index (χ1n) is 4.20.